The maximum atomic E-state index is 4.14. The zero-order valence-electron chi connectivity index (χ0n) is 6.84. The third kappa shape index (κ3) is 0.878. The maximum Gasteiger partial charge on any atom is 0.0846 e. The first-order valence-corrected chi connectivity index (χ1v) is 4.60. The third-order valence-corrected chi connectivity index (χ3v) is 3.52. The summed E-state index contributed by atoms with van der Waals surface area (Å²) < 4.78 is 0. The molecule has 3 N–H and O–H groups in total. The summed E-state index contributed by atoms with van der Waals surface area (Å²) in [5, 5.41) is 0. The lowest BCUT2D eigenvalue weighted by Gasteiger charge is -2.22. The minimum absolute atomic E-state index is 0.704. The summed E-state index contributed by atoms with van der Waals surface area (Å²) in [5.41, 5.74) is 4.14. The SMILES string of the molecule is C[C@@H]([NH3+])[C@H]1C[C@H]2CC[C@@H]1C2. The van der Waals surface area contributed by atoms with Gasteiger partial charge in [-0.3, -0.25) is 0 Å². The monoisotopic (exact) mass is 140 g/mol. The van der Waals surface area contributed by atoms with Crippen molar-refractivity contribution in [1.29, 1.82) is 0 Å². The van der Waals surface area contributed by atoms with Crippen LogP contribution in [0, 0.1) is 17.8 Å². The summed E-state index contributed by atoms with van der Waals surface area (Å²) in [4.78, 5) is 0. The van der Waals surface area contributed by atoms with E-state index in [-0.39, 0.29) is 0 Å². The van der Waals surface area contributed by atoms with Crippen LogP contribution in [0.15, 0.2) is 0 Å². The second-order valence-electron chi connectivity index (χ2n) is 4.32. The van der Waals surface area contributed by atoms with E-state index in [9.17, 15) is 0 Å². The van der Waals surface area contributed by atoms with Crippen LogP contribution in [0.4, 0.5) is 0 Å². The highest BCUT2D eigenvalue weighted by Gasteiger charge is 2.42. The molecule has 0 aromatic rings. The molecule has 0 saturated heterocycles. The summed E-state index contributed by atoms with van der Waals surface area (Å²) in [6, 6.07) is 0.704. The normalized spacial score (nSPS) is 48.0. The third-order valence-electron chi connectivity index (χ3n) is 3.52. The molecule has 2 bridgehead atoms. The largest absolute Gasteiger partial charge is 0.355 e. The van der Waals surface area contributed by atoms with Crippen molar-refractivity contribution in [3.63, 3.8) is 0 Å². The van der Waals surface area contributed by atoms with E-state index in [4.69, 9.17) is 0 Å². The van der Waals surface area contributed by atoms with E-state index in [1.165, 1.54) is 25.7 Å². The van der Waals surface area contributed by atoms with Gasteiger partial charge in [0.05, 0.1) is 6.04 Å². The molecule has 0 spiro atoms. The summed E-state index contributed by atoms with van der Waals surface area (Å²) in [7, 11) is 0. The van der Waals surface area contributed by atoms with Crippen LogP contribution in [0.2, 0.25) is 0 Å². The van der Waals surface area contributed by atoms with Crippen molar-refractivity contribution in [2.75, 3.05) is 0 Å². The zero-order valence-corrected chi connectivity index (χ0v) is 6.84. The molecule has 4 atom stereocenters. The molecule has 0 unspecified atom stereocenters. The fourth-order valence-corrected chi connectivity index (χ4v) is 2.99. The van der Waals surface area contributed by atoms with Gasteiger partial charge >= 0.3 is 0 Å². The van der Waals surface area contributed by atoms with E-state index in [1.807, 2.05) is 0 Å². The van der Waals surface area contributed by atoms with Crippen LogP contribution in [-0.4, -0.2) is 6.04 Å². The topological polar surface area (TPSA) is 27.6 Å². The fraction of sp³-hybridized carbons (Fsp3) is 1.00. The van der Waals surface area contributed by atoms with Crippen molar-refractivity contribution in [3.8, 4) is 0 Å². The Hall–Kier alpha value is -0.0400. The molecule has 1 heteroatoms. The number of fused-ring (bicyclic) bond motifs is 2. The van der Waals surface area contributed by atoms with E-state index in [2.05, 4.69) is 12.7 Å². The Balaban J connectivity index is 2.02. The quantitative estimate of drug-likeness (QED) is 0.564. The van der Waals surface area contributed by atoms with Gasteiger partial charge in [-0.05, 0) is 38.0 Å². The Labute approximate surface area is 63.0 Å². The summed E-state index contributed by atoms with van der Waals surface area (Å²) >= 11 is 0. The molecule has 0 heterocycles. The number of quaternary nitrogens is 1. The van der Waals surface area contributed by atoms with Crippen LogP contribution in [0.1, 0.15) is 32.6 Å². The van der Waals surface area contributed by atoms with Crippen LogP contribution < -0.4 is 5.73 Å². The second-order valence-corrected chi connectivity index (χ2v) is 4.32. The Morgan fingerprint density at radius 3 is 2.40 bits per heavy atom. The molecule has 58 valence electrons. The summed E-state index contributed by atoms with van der Waals surface area (Å²) in [6.07, 6.45) is 6.06. The molecule has 1 nitrogen and oxygen atoms in total. The van der Waals surface area contributed by atoms with Crippen molar-refractivity contribution in [1.82, 2.24) is 0 Å². The summed E-state index contributed by atoms with van der Waals surface area (Å²) in [6.45, 7) is 2.28. The molecule has 0 aromatic heterocycles. The lowest BCUT2D eigenvalue weighted by Crippen LogP contribution is -2.63. The van der Waals surface area contributed by atoms with Crippen LogP contribution >= 0.6 is 0 Å². The zero-order chi connectivity index (χ0) is 7.14. The van der Waals surface area contributed by atoms with Crippen molar-refractivity contribution in [2.45, 2.75) is 38.6 Å². The lowest BCUT2D eigenvalue weighted by molar-refractivity contribution is -0.430. The van der Waals surface area contributed by atoms with Gasteiger partial charge in [-0.1, -0.05) is 6.42 Å². The highest BCUT2D eigenvalue weighted by Crippen LogP contribution is 2.48. The van der Waals surface area contributed by atoms with Gasteiger partial charge in [0.1, 0.15) is 0 Å². The Morgan fingerprint density at radius 1 is 1.30 bits per heavy atom. The number of hydrogen-bond donors (Lipinski definition) is 1. The predicted molar refractivity (Wildman–Crippen MR) is 41.3 cm³/mol. The molecular weight excluding hydrogens is 122 g/mol. The molecule has 2 aliphatic rings. The predicted octanol–water partition coefficient (Wildman–Crippen LogP) is 1.05. The van der Waals surface area contributed by atoms with E-state index in [0.29, 0.717) is 6.04 Å². The van der Waals surface area contributed by atoms with Crippen LogP contribution in [-0.2, 0) is 0 Å². The smallest absolute Gasteiger partial charge is 0.0846 e. The van der Waals surface area contributed by atoms with Gasteiger partial charge < -0.3 is 5.73 Å². The fourth-order valence-electron chi connectivity index (χ4n) is 2.99. The van der Waals surface area contributed by atoms with Gasteiger partial charge in [0, 0.05) is 5.92 Å². The molecule has 0 aromatic carbocycles. The van der Waals surface area contributed by atoms with Crippen molar-refractivity contribution in [2.24, 2.45) is 17.8 Å². The van der Waals surface area contributed by atoms with Crippen LogP contribution in [0.5, 0.6) is 0 Å². The molecule has 2 aliphatic carbocycles. The molecule has 0 aliphatic heterocycles. The van der Waals surface area contributed by atoms with Crippen LogP contribution in [0.25, 0.3) is 0 Å². The molecule has 0 radical (unpaired) electrons. The van der Waals surface area contributed by atoms with Crippen LogP contribution in [0.3, 0.4) is 0 Å². The maximum absolute atomic E-state index is 4.14. The Morgan fingerprint density at radius 2 is 2.10 bits per heavy atom. The average Bonchev–Trinajstić information content (AvgIpc) is 2.44. The lowest BCUT2D eigenvalue weighted by atomic mass is 9.84. The Bertz CT molecular complexity index is 131. The first-order chi connectivity index (χ1) is 4.77. The first kappa shape index (κ1) is 6.66. The van der Waals surface area contributed by atoms with E-state index in [0.717, 1.165) is 17.8 Å². The number of hydrogen-bond acceptors (Lipinski definition) is 0. The van der Waals surface area contributed by atoms with Gasteiger partial charge in [0.2, 0.25) is 0 Å². The van der Waals surface area contributed by atoms with Gasteiger partial charge in [0.15, 0.2) is 0 Å². The first-order valence-electron chi connectivity index (χ1n) is 4.60. The molecule has 2 saturated carbocycles. The minimum Gasteiger partial charge on any atom is -0.355 e. The second kappa shape index (κ2) is 2.23. The Kier molecular flexibility index (Phi) is 1.48. The highest BCUT2D eigenvalue weighted by molar-refractivity contribution is 4.91. The summed E-state index contributed by atoms with van der Waals surface area (Å²) in [5.74, 6) is 3.15. The van der Waals surface area contributed by atoms with E-state index < -0.39 is 0 Å². The molecule has 2 rings (SSSR count). The molecule has 2 fully saturated rings. The van der Waals surface area contributed by atoms with Crippen molar-refractivity contribution in [3.05, 3.63) is 0 Å². The highest BCUT2D eigenvalue weighted by atomic mass is 14.7. The molecular formula is C9H18N+. The average molecular weight is 140 g/mol. The minimum atomic E-state index is 0.704. The molecule has 10 heavy (non-hydrogen) atoms. The molecule has 0 amide bonds. The van der Waals surface area contributed by atoms with Gasteiger partial charge in [-0.25, -0.2) is 0 Å². The standard InChI is InChI=1S/C9H17N/c1-6(10)9-5-7-2-3-8(9)4-7/h6-9H,2-5,10H2,1H3/p+1/t6-,7+,8-,9-/m1/s1. The van der Waals surface area contributed by atoms with Gasteiger partial charge in [0.25, 0.3) is 0 Å². The van der Waals surface area contributed by atoms with Gasteiger partial charge in [-0.2, -0.15) is 0 Å². The van der Waals surface area contributed by atoms with Crippen molar-refractivity contribution >= 4 is 0 Å². The van der Waals surface area contributed by atoms with Gasteiger partial charge in [-0.15, -0.1) is 0 Å². The van der Waals surface area contributed by atoms with E-state index in [1.54, 1.807) is 0 Å². The number of rotatable bonds is 1. The van der Waals surface area contributed by atoms with E-state index >= 15 is 0 Å². The van der Waals surface area contributed by atoms with Crippen molar-refractivity contribution < 1.29 is 5.73 Å².